The van der Waals surface area contributed by atoms with Crippen LogP contribution in [-0.2, 0) is 11.2 Å². The maximum absolute atomic E-state index is 13.3. The minimum atomic E-state index is -0.565. The Morgan fingerprint density at radius 2 is 2.29 bits per heavy atom. The van der Waals surface area contributed by atoms with Crippen molar-refractivity contribution in [2.45, 2.75) is 25.7 Å². The third kappa shape index (κ3) is 3.31. The van der Waals surface area contributed by atoms with Crippen LogP contribution in [0.3, 0.4) is 0 Å². The molecule has 0 saturated carbocycles. The van der Waals surface area contributed by atoms with Crippen molar-refractivity contribution in [2.24, 2.45) is 0 Å². The molecule has 21 heavy (non-hydrogen) atoms. The standard InChI is InChI=1S/C14H13FN2O4/c1-9-14(17(19)20)13(21-16-9)8-11(5-6-18)10-3-2-4-12(15)7-10/h2-4,6-7,11H,5,8H2,1H3/t11-/m0/s1. The third-order valence-electron chi connectivity index (χ3n) is 3.21. The van der Waals surface area contributed by atoms with Crippen LogP contribution in [0, 0.1) is 22.9 Å². The van der Waals surface area contributed by atoms with Crippen molar-refractivity contribution in [3.63, 3.8) is 0 Å². The zero-order valence-corrected chi connectivity index (χ0v) is 11.3. The van der Waals surface area contributed by atoms with E-state index in [1.807, 2.05) is 0 Å². The van der Waals surface area contributed by atoms with Gasteiger partial charge in [0.15, 0.2) is 5.69 Å². The topological polar surface area (TPSA) is 86.2 Å². The number of nitro groups is 1. The molecule has 110 valence electrons. The van der Waals surface area contributed by atoms with Crippen molar-refractivity contribution in [3.8, 4) is 0 Å². The zero-order chi connectivity index (χ0) is 15.4. The van der Waals surface area contributed by atoms with Gasteiger partial charge in [-0.25, -0.2) is 4.39 Å². The minimum Gasteiger partial charge on any atom is -0.354 e. The highest BCUT2D eigenvalue weighted by molar-refractivity contribution is 5.52. The number of hydrogen-bond acceptors (Lipinski definition) is 5. The molecule has 0 spiro atoms. The predicted molar refractivity (Wildman–Crippen MR) is 71.4 cm³/mol. The molecule has 0 radical (unpaired) electrons. The van der Waals surface area contributed by atoms with Crippen LogP contribution in [0.1, 0.15) is 29.4 Å². The van der Waals surface area contributed by atoms with Gasteiger partial charge in [-0.05, 0) is 30.5 Å². The van der Waals surface area contributed by atoms with Gasteiger partial charge in [0.05, 0.1) is 4.92 Å². The molecule has 0 aliphatic heterocycles. The highest BCUT2D eigenvalue weighted by atomic mass is 19.1. The van der Waals surface area contributed by atoms with Gasteiger partial charge in [0, 0.05) is 12.8 Å². The Labute approximate surface area is 119 Å². The Kier molecular flexibility index (Phi) is 4.42. The Morgan fingerprint density at radius 1 is 1.52 bits per heavy atom. The summed E-state index contributed by atoms with van der Waals surface area (Å²) in [6.07, 6.45) is 0.921. The molecule has 0 bridgehead atoms. The number of aldehydes is 1. The van der Waals surface area contributed by atoms with Gasteiger partial charge in [-0.15, -0.1) is 0 Å². The summed E-state index contributed by atoms with van der Waals surface area (Å²) in [6.45, 7) is 1.47. The Morgan fingerprint density at radius 3 is 2.90 bits per heavy atom. The molecule has 0 saturated heterocycles. The number of halogens is 1. The fourth-order valence-corrected chi connectivity index (χ4v) is 2.22. The van der Waals surface area contributed by atoms with Crippen molar-refractivity contribution < 1.29 is 18.6 Å². The van der Waals surface area contributed by atoms with E-state index in [1.165, 1.54) is 25.1 Å². The number of hydrogen-bond donors (Lipinski definition) is 0. The second kappa shape index (κ2) is 6.25. The minimum absolute atomic E-state index is 0.0913. The third-order valence-corrected chi connectivity index (χ3v) is 3.21. The van der Waals surface area contributed by atoms with Crippen LogP contribution < -0.4 is 0 Å². The fourth-order valence-electron chi connectivity index (χ4n) is 2.22. The van der Waals surface area contributed by atoms with E-state index in [9.17, 15) is 19.3 Å². The van der Waals surface area contributed by atoms with Gasteiger partial charge in [0.1, 0.15) is 12.1 Å². The van der Waals surface area contributed by atoms with Crippen LogP contribution in [0.5, 0.6) is 0 Å². The predicted octanol–water partition coefficient (Wildman–Crippen LogP) is 2.95. The lowest BCUT2D eigenvalue weighted by molar-refractivity contribution is -0.386. The van der Waals surface area contributed by atoms with Gasteiger partial charge < -0.3 is 9.32 Å². The van der Waals surface area contributed by atoms with Gasteiger partial charge in [-0.1, -0.05) is 17.3 Å². The van der Waals surface area contributed by atoms with Crippen LogP contribution >= 0.6 is 0 Å². The van der Waals surface area contributed by atoms with E-state index < -0.39 is 16.7 Å². The van der Waals surface area contributed by atoms with Crippen LogP contribution in [0.25, 0.3) is 0 Å². The van der Waals surface area contributed by atoms with Gasteiger partial charge >= 0.3 is 5.69 Å². The quantitative estimate of drug-likeness (QED) is 0.464. The molecule has 2 rings (SSSR count). The first kappa shape index (κ1) is 14.8. The monoisotopic (exact) mass is 292 g/mol. The number of carbonyl (C=O) groups excluding carboxylic acids is 1. The van der Waals surface area contributed by atoms with Gasteiger partial charge in [0.2, 0.25) is 5.76 Å². The average Bonchev–Trinajstić information content (AvgIpc) is 2.79. The number of aryl methyl sites for hydroxylation is 1. The molecule has 0 aliphatic carbocycles. The molecule has 7 heteroatoms. The molecule has 1 aromatic carbocycles. The summed E-state index contributed by atoms with van der Waals surface area (Å²) in [6, 6.07) is 5.81. The summed E-state index contributed by atoms with van der Waals surface area (Å²) >= 11 is 0. The molecule has 0 N–H and O–H groups in total. The fraction of sp³-hybridized carbons (Fsp3) is 0.286. The highest BCUT2D eigenvalue weighted by Gasteiger charge is 2.27. The Bertz CT molecular complexity index is 669. The summed E-state index contributed by atoms with van der Waals surface area (Å²) in [5, 5.41) is 14.6. The maximum atomic E-state index is 13.3. The molecule has 1 atom stereocenters. The van der Waals surface area contributed by atoms with Crippen molar-refractivity contribution in [3.05, 3.63) is 57.2 Å². The first-order valence-corrected chi connectivity index (χ1v) is 6.31. The van der Waals surface area contributed by atoms with E-state index in [2.05, 4.69) is 5.16 Å². The second-order valence-electron chi connectivity index (χ2n) is 4.66. The smallest absolute Gasteiger partial charge is 0.334 e. The summed E-state index contributed by atoms with van der Waals surface area (Å²) in [5.41, 5.74) is 0.576. The molecule has 0 unspecified atom stereocenters. The number of rotatable bonds is 6. The summed E-state index contributed by atoms with van der Waals surface area (Å²) < 4.78 is 18.3. The van der Waals surface area contributed by atoms with E-state index in [4.69, 9.17) is 4.52 Å². The number of benzene rings is 1. The van der Waals surface area contributed by atoms with E-state index >= 15 is 0 Å². The van der Waals surface area contributed by atoms with Crippen LogP contribution in [0.4, 0.5) is 10.1 Å². The lowest BCUT2D eigenvalue weighted by Gasteiger charge is -2.12. The highest BCUT2D eigenvalue weighted by Crippen LogP contribution is 2.30. The molecule has 6 nitrogen and oxygen atoms in total. The van der Waals surface area contributed by atoms with Crippen LogP contribution in [0.2, 0.25) is 0 Å². The largest absolute Gasteiger partial charge is 0.354 e. The first-order chi connectivity index (χ1) is 10.0. The SMILES string of the molecule is Cc1noc(C[C@H](CC=O)c2cccc(F)c2)c1[N+](=O)[O-]. The zero-order valence-electron chi connectivity index (χ0n) is 11.3. The summed E-state index contributed by atoms with van der Waals surface area (Å²) in [7, 11) is 0. The van der Waals surface area contributed by atoms with Crippen LogP contribution in [0.15, 0.2) is 28.8 Å². The van der Waals surface area contributed by atoms with E-state index in [-0.39, 0.29) is 30.0 Å². The number of nitrogens with zero attached hydrogens (tertiary/aromatic N) is 2. The van der Waals surface area contributed by atoms with Gasteiger partial charge in [-0.2, -0.15) is 0 Å². The van der Waals surface area contributed by atoms with Gasteiger partial charge in [-0.3, -0.25) is 10.1 Å². The van der Waals surface area contributed by atoms with E-state index in [0.717, 1.165) is 0 Å². The molecule has 0 fully saturated rings. The Hall–Kier alpha value is -2.57. The lowest BCUT2D eigenvalue weighted by atomic mass is 9.91. The molecule has 1 aromatic heterocycles. The molecule has 0 aliphatic rings. The second-order valence-corrected chi connectivity index (χ2v) is 4.66. The lowest BCUT2D eigenvalue weighted by Crippen LogP contribution is -2.05. The normalized spacial score (nSPS) is 12.1. The summed E-state index contributed by atoms with van der Waals surface area (Å²) in [5.74, 6) is -0.732. The van der Waals surface area contributed by atoms with Crippen LogP contribution in [-0.4, -0.2) is 16.4 Å². The van der Waals surface area contributed by atoms with Crippen molar-refractivity contribution >= 4 is 12.0 Å². The first-order valence-electron chi connectivity index (χ1n) is 6.31. The average molecular weight is 292 g/mol. The van der Waals surface area contributed by atoms with Gasteiger partial charge in [0.25, 0.3) is 0 Å². The van der Waals surface area contributed by atoms with Crippen molar-refractivity contribution in [1.29, 1.82) is 0 Å². The molecule has 0 amide bonds. The Balaban J connectivity index is 2.33. The van der Waals surface area contributed by atoms with E-state index in [0.29, 0.717) is 11.8 Å². The van der Waals surface area contributed by atoms with Crippen molar-refractivity contribution in [1.82, 2.24) is 5.16 Å². The number of aromatic nitrogens is 1. The summed E-state index contributed by atoms with van der Waals surface area (Å²) in [4.78, 5) is 21.3. The van der Waals surface area contributed by atoms with E-state index in [1.54, 1.807) is 6.07 Å². The molecule has 1 heterocycles. The maximum Gasteiger partial charge on any atom is 0.334 e. The van der Waals surface area contributed by atoms with Crippen molar-refractivity contribution in [2.75, 3.05) is 0 Å². The number of carbonyl (C=O) groups is 1. The molecule has 2 aromatic rings. The molecular formula is C14H13FN2O4. The molecular weight excluding hydrogens is 279 g/mol.